The van der Waals surface area contributed by atoms with Crippen LogP contribution in [0.25, 0.3) is 0 Å². The third-order valence-corrected chi connectivity index (χ3v) is 5.49. The third-order valence-electron chi connectivity index (χ3n) is 5.49. The molecule has 1 radical (unpaired) electrons. The Bertz CT molecular complexity index is 821. The summed E-state index contributed by atoms with van der Waals surface area (Å²) in [4.78, 5) is 2.19. The van der Waals surface area contributed by atoms with Crippen LogP contribution in [0.2, 0.25) is 0 Å². The first kappa shape index (κ1) is 19.2. The summed E-state index contributed by atoms with van der Waals surface area (Å²) in [5.41, 5.74) is 1.34. The van der Waals surface area contributed by atoms with E-state index in [1.54, 1.807) is 12.1 Å². The molecule has 0 amide bonds. The Morgan fingerprint density at radius 2 is 1.68 bits per heavy atom. The lowest BCUT2D eigenvalue weighted by atomic mass is 10.0. The van der Waals surface area contributed by atoms with Gasteiger partial charge in [0.2, 0.25) is 0 Å². The van der Waals surface area contributed by atoms with Gasteiger partial charge in [0.15, 0.2) is 0 Å². The van der Waals surface area contributed by atoms with E-state index < -0.39 is 18.0 Å². The molecule has 2 nitrogen and oxygen atoms in total. The van der Waals surface area contributed by atoms with Crippen LogP contribution < -0.4 is 4.74 Å². The molecule has 7 heteroatoms. The number of piperidine rings is 1. The van der Waals surface area contributed by atoms with Crippen LogP contribution in [0.1, 0.15) is 17.5 Å². The van der Waals surface area contributed by atoms with E-state index in [0.29, 0.717) is 35.4 Å². The molecule has 28 heavy (non-hydrogen) atoms. The molecule has 1 aliphatic carbocycles. The van der Waals surface area contributed by atoms with Crippen LogP contribution in [-0.4, -0.2) is 24.4 Å². The highest BCUT2D eigenvalue weighted by atomic mass is 19.4. The molecule has 4 rings (SSSR count). The zero-order valence-corrected chi connectivity index (χ0v) is 14.9. The fourth-order valence-corrected chi connectivity index (χ4v) is 4.29. The summed E-state index contributed by atoms with van der Waals surface area (Å²) in [6, 6.07) is 9.54. The Balaban J connectivity index is 1.25. The Hall–Kier alpha value is -2.15. The van der Waals surface area contributed by atoms with Crippen molar-refractivity contribution in [1.29, 1.82) is 0 Å². The first-order chi connectivity index (χ1) is 13.3. The van der Waals surface area contributed by atoms with Gasteiger partial charge in [-0.15, -0.1) is 13.2 Å². The number of nitrogens with zero attached hydrogens (tertiary/aromatic N) is 1. The molecule has 2 fully saturated rings. The zero-order chi connectivity index (χ0) is 19.9. The van der Waals surface area contributed by atoms with Crippen molar-refractivity contribution in [2.24, 2.45) is 17.8 Å². The maximum Gasteiger partial charge on any atom is 0.573 e. The lowest BCUT2D eigenvalue weighted by Crippen LogP contribution is -2.24. The summed E-state index contributed by atoms with van der Waals surface area (Å²) in [6.45, 7) is 2.27. The Morgan fingerprint density at radius 1 is 1.00 bits per heavy atom. The third kappa shape index (κ3) is 4.63. The van der Waals surface area contributed by atoms with Crippen molar-refractivity contribution in [2.45, 2.75) is 19.3 Å². The minimum Gasteiger partial charge on any atom is -0.406 e. The van der Waals surface area contributed by atoms with Crippen LogP contribution in [0.4, 0.5) is 22.0 Å². The van der Waals surface area contributed by atoms with Gasteiger partial charge in [-0.1, -0.05) is 12.1 Å². The van der Waals surface area contributed by atoms with Crippen molar-refractivity contribution in [2.75, 3.05) is 13.1 Å². The fraction of sp³-hybridized carbons (Fsp3) is 0.381. The molecule has 1 saturated heterocycles. The Morgan fingerprint density at radius 3 is 2.32 bits per heavy atom. The standard InChI is InChI=1S/C21H19F5NO/c22-15-6-14(7-16(23)9-15)10-27-11-19-18(20(19)12-27)5-4-13-2-1-3-17(8-13)28-21(24,25)26/h1-4,6-9,18-20H,5,10-12H2. The highest BCUT2D eigenvalue weighted by Gasteiger charge is 2.54. The summed E-state index contributed by atoms with van der Waals surface area (Å²) in [7, 11) is 0. The molecule has 0 spiro atoms. The van der Waals surface area contributed by atoms with E-state index in [-0.39, 0.29) is 5.75 Å². The second-order valence-corrected chi connectivity index (χ2v) is 7.52. The van der Waals surface area contributed by atoms with Gasteiger partial charge in [-0.25, -0.2) is 8.78 Å². The van der Waals surface area contributed by atoms with Crippen LogP contribution >= 0.6 is 0 Å². The molecule has 149 valence electrons. The maximum absolute atomic E-state index is 13.3. The van der Waals surface area contributed by atoms with Gasteiger partial charge in [-0.05, 0) is 66.0 Å². The van der Waals surface area contributed by atoms with Crippen molar-refractivity contribution in [3.05, 3.63) is 71.6 Å². The highest BCUT2D eigenvalue weighted by Crippen LogP contribution is 2.54. The second kappa shape index (κ2) is 7.35. The first-order valence-electron chi connectivity index (χ1n) is 9.13. The average molecular weight is 396 g/mol. The van der Waals surface area contributed by atoms with Gasteiger partial charge in [-0.2, -0.15) is 0 Å². The molecule has 1 saturated carbocycles. The highest BCUT2D eigenvalue weighted by molar-refractivity contribution is 5.33. The molecule has 2 unspecified atom stereocenters. The minimum absolute atomic E-state index is 0.217. The summed E-state index contributed by atoms with van der Waals surface area (Å²) < 4.78 is 67.5. The van der Waals surface area contributed by atoms with Crippen molar-refractivity contribution in [3.8, 4) is 5.75 Å². The van der Waals surface area contributed by atoms with E-state index in [1.165, 1.54) is 24.3 Å². The molecule has 0 N–H and O–H groups in total. The molecule has 2 atom stereocenters. The van der Waals surface area contributed by atoms with Crippen molar-refractivity contribution < 1.29 is 26.7 Å². The van der Waals surface area contributed by atoms with E-state index >= 15 is 0 Å². The van der Waals surface area contributed by atoms with Crippen LogP contribution in [0, 0.1) is 35.8 Å². The fourth-order valence-electron chi connectivity index (χ4n) is 4.29. The first-order valence-corrected chi connectivity index (χ1v) is 9.13. The SMILES string of the molecule is Fc1cc(F)cc(CN2CC3C(C[CH]c4cccc(OC(F)(F)F)c4)C3C2)c1. The van der Waals surface area contributed by atoms with E-state index in [2.05, 4.69) is 9.64 Å². The molecule has 0 aromatic heterocycles. The molecule has 1 aliphatic heterocycles. The predicted octanol–water partition coefficient (Wildman–Crippen LogP) is 5.18. The number of hydrogen-bond donors (Lipinski definition) is 0. The average Bonchev–Trinajstić information content (AvgIpc) is 3.02. The van der Waals surface area contributed by atoms with Gasteiger partial charge in [0, 0.05) is 25.7 Å². The van der Waals surface area contributed by atoms with Gasteiger partial charge in [0.25, 0.3) is 0 Å². The molecular formula is C21H19F5NO. The van der Waals surface area contributed by atoms with Gasteiger partial charge in [-0.3, -0.25) is 4.90 Å². The number of likely N-dealkylation sites (tertiary alicyclic amines) is 1. The molecule has 0 bridgehead atoms. The van der Waals surface area contributed by atoms with Crippen molar-refractivity contribution in [1.82, 2.24) is 4.90 Å². The normalized spacial score (nSPS) is 24.2. The number of rotatable bonds is 6. The van der Waals surface area contributed by atoms with Crippen LogP contribution in [0.5, 0.6) is 5.75 Å². The van der Waals surface area contributed by atoms with Crippen molar-refractivity contribution in [3.63, 3.8) is 0 Å². The molecule has 2 aliphatic rings. The number of benzene rings is 2. The quantitative estimate of drug-likeness (QED) is 0.624. The summed E-state index contributed by atoms with van der Waals surface area (Å²) in [5, 5.41) is 0. The minimum atomic E-state index is -4.69. The van der Waals surface area contributed by atoms with Gasteiger partial charge in [0.05, 0.1) is 0 Å². The van der Waals surface area contributed by atoms with Gasteiger partial charge in [0.1, 0.15) is 17.4 Å². The van der Waals surface area contributed by atoms with E-state index in [1.807, 2.05) is 6.42 Å². The molecule has 2 aromatic carbocycles. The number of ether oxygens (including phenoxy) is 1. The Kier molecular flexibility index (Phi) is 5.04. The summed E-state index contributed by atoms with van der Waals surface area (Å²) in [5.74, 6) is 0.221. The number of fused-ring (bicyclic) bond motifs is 1. The molecule has 2 aromatic rings. The topological polar surface area (TPSA) is 12.5 Å². The van der Waals surface area contributed by atoms with Crippen LogP contribution in [0.15, 0.2) is 42.5 Å². The number of alkyl halides is 3. The largest absolute Gasteiger partial charge is 0.573 e. The zero-order valence-electron chi connectivity index (χ0n) is 14.9. The lowest BCUT2D eigenvalue weighted by Gasteiger charge is -2.19. The predicted molar refractivity (Wildman–Crippen MR) is 93.2 cm³/mol. The second-order valence-electron chi connectivity index (χ2n) is 7.52. The lowest BCUT2D eigenvalue weighted by molar-refractivity contribution is -0.274. The monoisotopic (exact) mass is 396 g/mol. The summed E-state index contributed by atoms with van der Waals surface area (Å²) in [6.07, 6.45) is -1.95. The van der Waals surface area contributed by atoms with Crippen LogP contribution in [0.3, 0.4) is 0 Å². The van der Waals surface area contributed by atoms with E-state index in [0.717, 1.165) is 25.6 Å². The molecule has 1 heterocycles. The number of hydrogen-bond acceptors (Lipinski definition) is 2. The van der Waals surface area contributed by atoms with Gasteiger partial charge < -0.3 is 4.74 Å². The molecular weight excluding hydrogens is 377 g/mol. The van der Waals surface area contributed by atoms with Crippen LogP contribution in [-0.2, 0) is 6.54 Å². The van der Waals surface area contributed by atoms with Crippen molar-refractivity contribution >= 4 is 0 Å². The maximum atomic E-state index is 13.3. The van der Waals surface area contributed by atoms with E-state index in [9.17, 15) is 22.0 Å². The smallest absolute Gasteiger partial charge is 0.406 e. The Labute approximate surface area is 159 Å². The van der Waals surface area contributed by atoms with E-state index in [4.69, 9.17) is 0 Å². The number of halogens is 5. The summed E-state index contributed by atoms with van der Waals surface area (Å²) >= 11 is 0. The van der Waals surface area contributed by atoms with Gasteiger partial charge >= 0.3 is 6.36 Å².